The highest BCUT2D eigenvalue weighted by Crippen LogP contribution is 2.38. The average Bonchev–Trinajstić information content (AvgIpc) is 2.15. The van der Waals surface area contributed by atoms with Crippen LogP contribution in [-0.2, 0) is 4.79 Å². The van der Waals surface area contributed by atoms with E-state index in [9.17, 15) is 4.79 Å². The van der Waals surface area contributed by atoms with Crippen molar-refractivity contribution in [3.05, 3.63) is 0 Å². The van der Waals surface area contributed by atoms with Gasteiger partial charge in [-0.25, -0.2) is 0 Å². The summed E-state index contributed by atoms with van der Waals surface area (Å²) in [5, 5.41) is 3.32. The number of ketones is 1. The summed E-state index contributed by atoms with van der Waals surface area (Å²) in [6.07, 6.45) is 0.946. The van der Waals surface area contributed by atoms with E-state index >= 15 is 0 Å². The molecule has 2 nitrogen and oxygen atoms in total. The van der Waals surface area contributed by atoms with E-state index in [-0.39, 0.29) is 16.6 Å². The van der Waals surface area contributed by atoms with Gasteiger partial charge in [-0.2, -0.15) is 0 Å². The molecule has 0 bridgehead atoms. The first-order valence-electron chi connectivity index (χ1n) is 6.24. The van der Waals surface area contributed by atoms with Gasteiger partial charge in [0, 0.05) is 11.5 Å². The van der Waals surface area contributed by atoms with E-state index in [2.05, 4.69) is 33.0 Å². The van der Waals surface area contributed by atoms with Crippen molar-refractivity contribution in [1.29, 1.82) is 0 Å². The first-order chi connectivity index (χ1) is 7.05. The third-order valence-corrected chi connectivity index (χ3v) is 4.59. The van der Waals surface area contributed by atoms with E-state index in [1.54, 1.807) is 6.92 Å². The zero-order valence-electron chi connectivity index (χ0n) is 12.3. The van der Waals surface area contributed by atoms with E-state index in [0.29, 0.717) is 12.0 Å². The second kappa shape index (κ2) is 5.31. The van der Waals surface area contributed by atoms with E-state index in [1.165, 1.54) is 0 Å². The number of hydrogen-bond acceptors (Lipinski definition) is 2. The topological polar surface area (TPSA) is 29.1 Å². The molecule has 2 unspecified atom stereocenters. The molecule has 0 radical (unpaired) electrons. The van der Waals surface area contributed by atoms with Gasteiger partial charge in [0.05, 0.1) is 0 Å². The smallest absolute Gasteiger partial charge is 0.135 e. The summed E-state index contributed by atoms with van der Waals surface area (Å²) in [7, 11) is 2.00. The van der Waals surface area contributed by atoms with Crippen LogP contribution in [-0.4, -0.2) is 18.9 Å². The minimum Gasteiger partial charge on any atom is -0.317 e. The molecule has 0 saturated heterocycles. The number of rotatable bonds is 6. The van der Waals surface area contributed by atoms with Gasteiger partial charge in [0.15, 0.2) is 0 Å². The van der Waals surface area contributed by atoms with Crippen LogP contribution < -0.4 is 5.32 Å². The summed E-state index contributed by atoms with van der Waals surface area (Å²) in [6.45, 7) is 14.8. The lowest BCUT2D eigenvalue weighted by Gasteiger charge is -2.40. The van der Waals surface area contributed by atoms with Crippen LogP contribution in [0.5, 0.6) is 0 Å². The minimum absolute atomic E-state index is 0.196. The first-order valence-corrected chi connectivity index (χ1v) is 6.24. The Morgan fingerprint density at radius 3 is 1.94 bits per heavy atom. The maximum atomic E-state index is 11.6. The van der Waals surface area contributed by atoms with Crippen molar-refractivity contribution in [1.82, 2.24) is 5.32 Å². The van der Waals surface area contributed by atoms with Crippen LogP contribution in [0.2, 0.25) is 0 Å². The Bertz CT molecular complexity index is 243. The van der Waals surface area contributed by atoms with E-state index in [0.717, 1.165) is 6.42 Å². The fourth-order valence-electron chi connectivity index (χ4n) is 1.97. The van der Waals surface area contributed by atoms with Crippen LogP contribution in [0.3, 0.4) is 0 Å². The molecule has 2 atom stereocenters. The summed E-state index contributed by atoms with van der Waals surface area (Å²) >= 11 is 0. The largest absolute Gasteiger partial charge is 0.317 e. The Hall–Kier alpha value is -0.370. The summed E-state index contributed by atoms with van der Waals surface area (Å²) in [5.74, 6) is 0.793. The molecule has 0 fully saturated rings. The van der Waals surface area contributed by atoms with Gasteiger partial charge in [-0.1, -0.05) is 34.6 Å². The van der Waals surface area contributed by atoms with Crippen molar-refractivity contribution in [3.8, 4) is 0 Å². The number of Topliss-reactive ketones (excluding diaryl/α,β-unsaturated/α-hetero) is 1. The van der Waals surface area contributed by atoms with Crippen molar-refractivity contribution >= 4 is 5.78 Å². The fraction of sp³-hybridized carbons (Fsp3) is 0.929. The van der Waals surface area contributed by atoms with Crippen LogP contribution in [0.1, 0.15) is 54.9 Å². The van der Waals surface area contributed by atoms with Gasteiger partial charge in [-0.3, -0.25) is 4.79 Å². The fourth-order valence-corrected chi connectivity index (χ4v) is 1.97. The lowest BCUT2D eigenvalue weighted by atomic mass is 9.67. The summed E-state index contributed by atoms with van der Waals surface area (Å²) < 4.78 is 0. The highest BCUT2D eigenvalue weighted by molar-refractivity contribution is 5.81. The Balaban J connectivity index is 4.69. The summed E-state index contributed by atoms with van der Waals surface area (Å²) in [5.41, 5.74) is -0.00832. The van der Waals surface area contributed by atoms with Crippen molar-refractivity contribution in [2.45, 2.75) is 60.9 Å². The van der Waals surface area contributed by atoms with Crippen LogP contribution in [0.25, 0.3) is 0 Å². The summed E-state index contributed by atoms with van der Waals surface area (Å²) in [4.78, 5) is 11.6. The monoisotopic (exact) mass is 227 g/mol. The molecule has 1 N–H and O–H groups in total. The number of nitrogens with one attached hydrogen (secondary N) is 1. The zero-order valence-corrected chi connectivity index (χ0v) is 12.3. The standard InChI is InChI=1S/C14H29NO/c1-10(9-13(4,5)12(3)16)14(6,7)11(2)15-8/h10-11,15H,9H2,1-8H3. The Kier molecular flexibility index (Phi) is 5.18. The molecular formula is C14H29NO. The molecule has 96 valence electrons. The number of carbonyl (C=O) groups is 1. The SMILES string of the molecule is CNC(C)C(C)(C)C(C)CC(C)(C)C(C)=O. The maximum absolute atomic E-state index is 11.6. The zero-order chi connectivity index (χ0) is 13.1. The number of hydrogen-bond donors (Lipinski definition) is 1. The summed E-state index contributed by atoms with van der Waals surface area (Å²) in [6, 6.07) is 0.449. The Morgan fingerprint density at radius 1 is 1.19 bits per heavy atom. The van der Waals surface area contributed by atoms with Gasteiger partial charge in [0.25, 0.3) is 0 Å². The van der Waals surface area contributed by atoms with Gasteiger partial charge in [-0.05, 0) is 38.6 Å². The van der Waals surface area contributed by atoms with E-state index in [1.807, 2.05) is 20.9 Å². The molecule has 0 aliphatic carbocycles. The van der Waals surface area contributed by atoms with Gasteiger partial charge in [0.2, 0.25) is 0 Å². The first kappa shape index (κ1) is 15.6. The van der Waals surface area contributed by atoms with Gasteiger partial charge < -0.3 is 5.32 Å². The quantitative estimate of drug-likeness (QED) is 0.754. The molecule has 0 aliphatic heterocycles. The van der Waals surface area contributed by atoms with Gasteiger partial charge in [-0.15, -0.1) is 0 Å². The van der Waals surface area contributed by atoms with Crippen LogP contribution >= 0.6 is 0 Å². The van der Waals surface area contributed by atoms with E-state index < -0.39 is 0 Å². The van der Waals surface area contributed by atoms with Crippen LogP contribution in [0.4, 0.5) is 0 Å². The predicted molar refractivity (Wildman–Crippen MR) is 70.5 cm³/mol. The molecule has 0 amide bonds. The predicted octanol–water partition coefficient (Wildman–Crippen LogP) is 3.26. The molecular weight excluding hydrogens is 198 g/mol. The number of carbonyl (C=O) groups excluding carboxylic acids is 1. The molecule has 0 aromatic carbocycles. The van der Waals surface area contributed by atoms with Gasteiger partial charge in [0.1, 0.15) is 5.78 Å². The Labute approximate surface area is 101 Å². The lowest BCUT2D eigenvalue weighted by Crippen LogP contribution is -2.43. The van der Waals surface area contributed by atoms with Crippen molar-refractivity contribution < 1.29 is 4.79 Å². The second-order valence-corrected chi connectivity index (χ2v) is 6.38. The molecule has 0 aromatic rings. The van der Waals surface area contributed by atoms with Gasteiger partial charge >= 0.3 is 0 Å². The molecule has 0 saturated carbocycles. The molecule has 0 aliphatic rings. The normalized spacial score (nSPS) is 17.0. The molecule has 0 heterocycles. The molecule has 2 heteroatoms. The highest BCUT2D eigenvalue weighted by Gasteiger charge is 2.36. The molecule has 0 spiro atoms. The molecule has 0 rings (SSSR count). The van der Waals surface area contributed by atoms with Crippen LogP contribution in [0, 0.1) is 16.7 Å². The maximum Gasteiger partial charge on any atom is 0.135 e. The second-order valence-electron chi connectivity index (χ2n) is 6.38. The lowest BCUT2D eigenvalue weighted by molar-refractivity contribution is -0.126. The van der Waals surface area contributed by atoms with Crippen molar-refractivity contribution in [2.75, 3.05) is 7.05 Å². The van der Waals surface area contributed by atoms with E-state index in [4.69, 9.17) is 0 Å². The highest BCUT2D eigenvalue weighted by atomic mass is 16.1. The third-order valence-electron chi connectivity index (χ3n) is 4.59. The minimum atomic E-state index is -0.204. The van der Waals surface area contributed by atoms with Crippen molar-refractivity contribution in [2.24, 2.45) is 16.7 Å². The average molecular weight is 227 g/mol. The molecule has 0 aromatic heterocycles. The Morgan fingerprint density at radius 2 is 1.62 bits per heavy atom. The third kappa shape index (κ3) is 3.58. The molecule has 16 heavy (non-hydrogen) atoms. The van der Waals surface area contributed by atoms with Crippen LogP contribution in [0.15, 0.2) is 0 Å². The van der Waals surface area contributed by atoms with Crippen molar-refractivity contribution in [3.63, 3.8) is 0 Å².